The maximum absolute atomic E-state index is 12.8. The van der Waals surface area contributed by atoms with Gasteiger partial charge in [-0.1, -0.05) is 31.5 Å². The smallest absolute Gasteiger partial charge is 0.329 e. The lowest BCUT2D eigenvalue weighted by atomic mass is 9.72. The van der Waals surface area contributed by atoms with Crippen molar-refractivity contribution in [3.8, 4) is 0 Å². The summed E-state index contributed by atoms with van der Waals surface area (Å²) in [4.78, 5) is 27.2. The highest BCUT2D eigenvalue weighted by Gasteiger charge is 2.49. The lowest BCUT2D eigenvalue weighted by molar-refractivity contribution is -0.151. The molecule has 0 aliphatic carbocycles. The summed E-state index contributed by atoms with van der Waals surface area (Å²) < 4.78 is 7.29. The van der Waals surface area contributed by atoms with Crippen LogP contribution in [0.5, 0.6) is 0 Å². The van der Waals surface area contributed by atoms with Crippen molar-refractivity contribution in [2.75, 3.05) is 19.5 Å². The number of carbonyl (C=O) groups is 2. The van der Waals surface area contributed by atoms with E-state index in [-0.39, 0.29) is 41.7 Å². The van der Waals surface area contributed by atoms with Crippen LogP contribution in [0, 0.1) is 11.8 Å². The number of hydrogen-bond donors (Lipinski definition) is 0. The van der Waals surface area contributed by atoms with Gasteiger partial charge in [-0.25, -0.2) is 4.79 Å². The molecule has 1 amide bonds. The average Bonchev–Trinajstić information content (AvgIpc) is 3.07. The number of halogens is 1. The van der Waals surface area contributed by atoms with Crippen molar-refractivity contribution in [2.24, 2.45) is 11.8 Å². The summed E-state index contributed by atoms with van der Waals surface area (Å²) in [6, 6.07) is 9.77. The summed E-state index contributed by atoms with van der Waals surface area (Å²) in [6.07, 6.45) is 1.68. The van der Waals surface area contributed by atoms with Crippen molar-refractivity contribution in [3.05, 3.63) is 36.0 Å². The fraction of sp³-hybridized carbons (Fsp3) is 0.500. The maximum Gasteiger partial charge on any atom is 0.329 e. The number of aromatic nitrogens is 1. The predicted octanol–water partition coefficient (Wildman–Crippen LogP) is 3.52. The number of hydrogen-bond acceptors (Lipinski definition) is 3. The third-order valence-corrected chi connectivity index (χ3v) is 6.34. The number of carbonyl (C=O) groups excluding carboxylic acids is 2. The molecule has 2 aliphatic rings. The van der Waals surface area contributed by atoms with Gasteiger partial charge in [0, 0.05) is 17.8 Å². The van der Waals surface area contributed by atoms with Crippen LogP contribution in [0.2, 0.25) is 0 Å². The Morgan fingerprint density at radius 2 is 2.08 bits per heavy atom. The number of piperidine rings is 1. The molecular formula is C20H23ClN2O3. The third kappa shape index (κ3) is 2.44. The molecule has 0 spiro atoms. The molecule has 0 N–H and O–H groups in total. The Kier molecular flexibility index (Phi) is 4.43. The van der Waals surface area contributed by atoms with Gasteiger partial charge in [0.15, 0.2) is 0 Å². The van der Waals surface area contributed by atoms with Crippen LogP contribution < -0.4 is 0 Å². The summed E-state index contributed by atoms with van der Waals surface area (Å²) >= 11 is 5.89. The highest BCUT2D eigenvalue weighted by Crippen LogP contribution is 2.50. The Morgan fingerprint density at radius 3 is 2.77 bits per heavy atom. The molecule has 1 fully saturated rings. The molecule has 2 bridgehead atoms. The minimum Gasteiger partial charge on any atom is -0.467 e. The Bertz CT molecular complexity index is 862. The Hall–Kier alpha value is -2.01. The van der Waals surface area contributed by atoms with E-state index in [4.69, 9.17) is 16.3 Å². The number of nitrogens with zero attached hydrogens (tertiary/aromatic N) is 2. The lowest BCUT2D eigenvalue weighted by Crippen LogP contribution is -2.53. The van der Waals surface area contributed by atoms with E-state index in [9.17, 15) is 9.59 Å². The van der Waals surface area contributed by atoms with Crippen molar-refractivity contribution in [1.82, 2.24) is 9.47 Å². The highest BCUT2D eigenvalue weighted by molar-refractivity contribution is 6.27. The first kappa shape index (κ1) is 17.4. The molecule has 138 valence electrons. The molecular weight excluding hydrogens is 352 g/mol. The van der Waals surface area contributed by atoms with Gasteiger partial charge in [0.1, 0.15) is 11.9 Å². The second-order valence-electron chi connectivity index (χ2n) is 7.23. The molecule has 4 rings (SSSR count). The van der Waals surface area contributed by atoms with Gasteiger partial charge in [0.05, 0.1) is 13.2 Å². The van der Waals surface area contributed by atoms with Crippen molar-refractivity contribution >= 4 is 34.4 Å². The fourth-order valence-electron chi connectivity index (χ4n) is 4.90. The lowest BCUT2D eigenvalue weighted by Gasteiger charge is -2.50. The van der Waals surface area contributed by atoms with Crippen LogP contribution in [0.3, 0.4) is 0 Å². The number of amides is 1. The van der Waals surface area contributed by atoms with Gasteiger partial charge in [-0.15, -0.1) is 11.6 Å². The summed E-state index contributed by atoms with van der Waals surface area (Å²) in [7, 11) is 1.45. The molecule has 0 radical (unpaired) electrons. The van der Waals surface area contributed by atoms with Crippen molar-refractivity contribution in [3.63, 3.8) is 0 Å². The number of fused-ring (bicyclic) bond motifs is 6. The summed E-state index contributed by atoms with van der Waals surface area (Å²) in [5.41, 5.74) is 2.02. The van der Waals surface area contributed by atoms with Gasteiger partial charge in [0.2, 0.25) is 5.91 Å². The largest absolute Gasteiger partial charge is 0.467 e. The van der Waals surface area contributed by atoms with Gasteiger partial charge in [-0.3, -0.25) is 4.79 Å². The van der Waals surface area contributed by atoms with Crippen LogP contribution >= 0.6 is 11.6 Å². The minimum absolute atomic E-state index is 0.0156. The van der Waals surface area contributed by atoms with E-state index in [1.165, 1.54) is 7.11 Å². The van der Waals surface area contributed by atoms with Crippen LogP contribution in [0.1, 0.15) is 37.5 Å². The Balaban J connectivity index is 1.94. The van der Waals surface area contributed by atoms with Gasteiger partial charge in [0.25, 0.3) is 0 Å². The SMILES string of the molecule is CC[C@@H]1CN(C(=O)CCl)[C@H]2C[C@@H]1[C@H](C(=O)OC)n1c2cc2ccccc21. The molecule has 26 heavy (non-hydrogen) atoms. The maximum atomic E-state index is 12.8. The van der Waals surface area contributed by atoms with Crippen LogP contribution in [0.25, 0.3) is 10.9 Å². The first-order chi connectivity index (χ1) is 12.6. The zero-order valence-electron chi connectivity index (χ0n) is 15.0. The van der Waals surface area contributed by atoms with E-state index >= 15 is 0 Å². The average molecular weight is 375 g/mol. The number of likely N-dealkylation sites (tertiary alicyclic amines) is 1. The number of esters is 1. The Morgan fingerprint density at radius 1 is 1.31 bits per heavy atom. The summed E-state index contributed by atoms with van der Waals surface area (Å²) in [5.74, 6) is 0.142. The van der Waals surface area contributed by atoms with E-state index in [2.05, 4.69) is 17.6 Å². The van der Waals surface area contributed by atoms with Gasteiger partial charge >= 0.3 is 5.97 Å². The Labute approximate surface area is 157 Å². The topological polar surface area (TPSA) is 51.5 Å². The van der Waals surface area contributed by atoms with E-state index in [1.54, 1.807) is 0 Å². The summed E-state index contributed by atoms with van der Waals surface area (Å²) in [5, 5.41) is 1.08. The number of ether oxygens (including phenoxy) is 1. The fourth-order valence-corrected chi connectivity index (χ4v) is 5.05. The van der Waals surface area contributed by atoms with Crippen molar-refractivity contribution in [1.29, 1.82) is 0 Å². The second kappa shape index (κ2) is 6.62. The third-order valence-electron chi connectivity index (χ3n) is 6.11. The molecule has 0 saturated carbocycles. The molecule has 4 atom stereocenters. The standard InChI is InChI=1S/C20H23ClN2O3/c1-3-12-11-22(18(24)10-21)16-9-14(12)19(20(25)26-2)23-15-7-5-4-6-13(15)8-17(16)23/h4-8,12,14,16,19H,3,9-11H2,1-2H3/t12-,14+,16+,19-/m1/s1. The monoisotopic (exact) mass is 374 g/mol. The van der Waals surface area contributed by atoms with Crippen LogP contribution in [0.15, 0.2) is 30.3 Å². The number of rotatable bonds is 3. The molecule has 1 aromatic heterocycles. The number of benzene rings is 1. The van der Waals surface area contributed by atoms with Crippen LogP contribution in [0.4, 0.5) is 0 Å². The van der Waals surface area contributed by atoms with Crippen molar-refractivity contribution < 1.29 is 14.3 Å². The van der Waals surface area contributed by atoms with Crippen molar-refractivity contribution in [2.45, 2.75) is 31.8 Å². The molecule has 1 saturated heterocycles. The zero-order valence-corrected chi connectivity index (χ0v) is 15.8. The van der Waals surface area contributed by atoms with E-state index < -0.39 is 0 Å². The van der Waals surface area contributed by atoms with Gasteiger partial charge in [-0.2, -0.15) is 0 Å². The molecule has 1 aromatic carbocycles. The summed E-state index contributed by atoms with van der Waals surface area (Å²) in [6.45, 7) is 2.76. The highest BCUT2D eigenvalue weighted by atomic mass is 35.5. The van der Waals surface area contributed by atoms with E-state index in [1.807, 2.05) is 29.2 Å². The normalized spacial score (nSPS) is 27.3. The number of methoxy groups -OCH3 is 1. The van der Waals surface area contributed by atoms with Gasteiger partial charge < -0.3 is 14.2 Å². The number of para-hydroxylation sites is 1. The molecule has 2 aromatic rings. The predicted molar refractivity (Wildman–Crippen MR) is 100 cm³/mol. The quantitative estimate of drug-likeness (QED) is 0.610. The molecule has 0 unspecified atom stereocenters. The first-order valence-corrected chi connectivity index (χ1v) is 9.67. The van der Waals surface area contributed by atoms with E-state index in [0.717, 1.165) is 29.4 Å². The van der Waals surface area contributed by atoms with Crippen LogP contribution in [-0.4, -0.2) is 40.9 Å². The molecule has 5 nitrogen and oxygen atoms in total. The second-order valence-corrected chi connectivity index (χ2v) is 7.50. The first-order valence-electron chi connectivity index (χ1n) is 9.13. The minimum atomic E-state index is -0.343. The molecule has 6 heteroatoms. The number of alkyl halides is 1. The van der Waals surface area contributed by atoms with Crippen LogP contribution in [-0.2, 0) is 14.3 Å². The van der Waals surface area contributed by atoms with E-state index in [0.29, 0.717) is 6.54 Å². The molecule has 3 heterocycles. The van der Waals surface area contributed by atoms with Gasteiger partial charge in [-0.05, 0) is 35.8 Å². The molecule has 2 aliphatic heterocycles. The zero-order chi connectivity index (χ0) is 18.4.